The molecule has 0 spiro atoms. The molecule has 0 amide bonds. The summed E-state index contributed by atoms with van der Waals surface area (Å²) in [7, 11) is 0. The first-order valence-electron chi connectivity index (χ1n) is 17.0. The summed E-state index contributed by atoms with van der Waals surface area (Å²) in [6.45, 7) is 4.52. The van der Waals surface area contributed by atoms with Crippen molar-refractivity contribution in [1.29, 1.82) is 0 Å². The number of aromatic nitrogens is 4. The molecule has 47 heavy (non-hydrogen) atoms. The van der Waals surface area contributed by atoms with E-state index < -0.39 is 0 Å². The Hall–Kier alpha value is -2.18. The van der Waals surface area contributed by atoms with E-state index in [1.807, 2.05) is 20.9 Å². The molecule has 11 heteroatoms. The summed E-state index contributed by atoms with van der Waals surface area (Å²) in [5.74, 6) is 0. The van der Waals surface area contributed by atoms with E-state index in [0.717, 1.165) is 86.8 Å². The molecule has 0 radical (unpaired) electrons. The largest absolute Gasteiger partial charge is 0.274 e. The topological polar surface area (TPSA) is 68.7 Å². The van der Waals surface area contributed by atoms with Gasteiger partial charge in [-0.15, -0.1) is 34.0 Å². The highest BCUT2D eigenvalue weighted by atomic mass is 79.9. The lowest BCUT2D eigenvalue weighted by molar-refractivity contribution is 0.600. The van der Waals surface area contributed by atoms with Crippen LogP contribution in [-0.2, 0) is 12.8 Å². The monoisotopic (exact) mass is 810 g/mol. The Morgan fingerprint density at radius 1 is 0.574 bits per heavy atom. The molecule has 0 aliphatic heterocycles. The molecule has 0 bridgehead atoms. The van der Waals surface area contributed by atoms with Gasteiger partial charge >= 0.3 is 0 Å². The minimum atomic E-state index is -0.0857. The fraction of sp³-hybridized carbons (Fsp3) is 0.444. The third-order valence-electron chi connectivity index (χ3n) is 9.83. The highest BCUT2D eigenvalue weighted by Gasteiger charge is 2.30. The summed E-state index contributed by atoms with van der Waals surface area (Å²) in [5.41, 5.74) is 5.59. The Morgan fingerprint density at radius 3 is 1.40 bits per heavy atom. The van der Waals surface area contributed by atoms with Gasteiger partial charge in [-0.3, -0.25) is 18.4 Å². The van der Waals surface area contributed by atoms with Crippen LogP contribution in [0.1, 0.15) is 102 Å². The second-order valence-electron chi connectivity index (χ2n) is 12.9. The van der Waals surface area contributed by atoms with Crippen LogP contribution in [0, 0.1) is 0 Å². The quantitative estimate of drug-likeness (QED) is 0.0810. The fourth-order valence-electron chi connectivity index (χ4n) is 7.66. The summed E-state index contributed by atoms with van der Waals surface area (Å²) in [6.07, 6.45) is 16.4. The number of pyridine rings is 2. The highest BCUT2D eigenvalue weighted by Crippen LogP contribution is 2.47. The third-order valence-corrected chi connectivity index (χ3v) is 14.0. The summed E-state index contributed by atoms with van der Waals surface area (Å²) in [6, 6.07) is 4.02. The van der Waals surface area contributed by atoms with Crippen LogP contribution >= 0.6 is 65.9 Å². The average Bonchev–Trinajstić information content (AvgIpc) is 3.84. The third kappa shape index (κ3) is 5.16. The average molecular weight is 813 g/mol. The molecule has 7 aromatic heterocycles. The second kappa shape index (κ2) is 12.9. The Labute approximate surface area is 300 Å². The van der Waals surface area contributed by atoms with Crippen LogP contribution in [0.2, 0.25) is 0 Å². The van der Waals surface area contributed by atoms with Crippen LogP contribution < -0.4 is 11.1 Å². The number of nitrogens with zero attached hydrogens (tertiary/aromatic N) is 4. The van der Waals surface area contributed by atoms with Gasteiger partial charge < -0.3 is 0 Å². The number of hydrogen-bond donors (Lipinski definition) is 0. The number of fused-ring (bicyclic) bond motifs is 8. The van der Waals surface area contributed by atoms with Gasteiger partial charge in [0.1, 0.15) is 30.4 Å². The van der Waals surface area contributed by atoms with Crippen LogP contribution in [-0.4, -0.2) is 18.8 Å². The Balaban J connectivity index is 1.46. The van der Waals surface area contributed by atoms with E-state index in [9.17, 15) is 9.59 Å². The van der Waals surface area contributed by atoms with Gasteiger partial charge in [-0.25, -0.2) is 9.97 Å². The van der Waals surface area contributed by atoms with Gasteiger partial charge in [-0.1, -0.05) is 78.1 Å². The molecule has 0 saturated heterocycles. The van der Waals surface area contributed by atoms with Crippen molar-refractivity contribution in [3.8, 4) is 0 Å². The van der Waals surface area contributed by atoms with Crippen molar-refractivity contribution in [3.63, 3.8) is 0 Å². The Bertz CT molecular complexity index is 2370. The summed E-state index contributed by atoms with van der Waals surface area (Å²) in [5, 5.41) is 4.00. The molecule has 1 aromatic carbocycles. The Kier molecular flexibility index (Phi) is 8.82. The van der Waals surface area contributed by atoms with E-state index in [-0.39, 0.29) is 11.1 Å². The minimum absolute atomic E-state index is 0.0857. The van der Waals surface area contributed by atoms with Gasteiger partial charge in [0.05, 0.1) is 18.6 Å². The van der Waals surface area contributed by atoms with Crippen LogP contribution in [0.25, 0.3) is 62.9 Å². The lowest BCUT2D eigenvalue weighted by Gasteiger charge is -2.18. The first-order valence-corrected chi connectivity index (χ1v) is 21.1. The van der Waals surface area contributed by atoms with Crippen molar-refractivity contribution in [3.05, 3.63) is 51.5 Å². The lowest BCUT2D eigenvalue weighted by atomic mass is 9.87. The zero-order valence-electron chi connectivity index (χ0n) is 26.6. The molecule has 0 N–H and O–H groups in total. The van der Waals surface area contributed by atoms with Crippen LogP contribution in [0.3, 0.4) is 0 Å². The molecule has 0 unspecified atom stereocenters. The molecule has 0 aliphatic rings. The van der Waals surface area contributed by atoms with Crippen molar-refractivity contribution < 1.29 is 0 Å². The first kappa shape index (κ1) is 32.0. The van der Waals surface area contributed by atoms with E-state index in [1.165, 1.54) is 86.7 Å². The summed E-state index contributed by atoms with van der Waals surface area (Å²) in [4.78, 5) is 40.9. The number of thiophene rings is 3. The number of unbranched alkanes of at least 4 members (excludes halogenated alkanes) is 10. The zero-order valence-corrected chi connectivity index (χ0v) is 32.3. The first-order chi connectivity index (χ1) is 22.9. The highest BCUT2D eigenvalue weighted by molar-refractivity contribution is 9.11. The maximum atomic E-state index is 14.4. The van der Waals surface area contributed by atoms with Gasteiger partial charge in [0.25, 0.3) is 11.1 Å². The molecule has 6 nitrogen and oxygen atoms in total. The molecule has 0 saturated carbocycles. The molecule has 8 aromatic rings. The molecule has 8 rings (SSSR count). The SMILES string of the molecule is CCCCCCCCc1c(CCCCCCCC)c2c3c(sc4c(=O)n5c6cc(Br)sc6nc5c1c43)c(=O)n1c3cc(Br)sc3nc21. The van der Waals surface area contributed by atoms with E-state index >= 15 is 0 Å². The predicted molar refractivity (Wildman–Crippen MR) is 210 cm³/mol. The standard InChI is InChI=1S/C36H36Br2N4O2S3/c1-3-5-7-9-11-13-15-19-20(16-14-12-10-8-6-4-2)26-28-27-25(19)31-39-33-21(17-23(37)45-33)41(31)35(43)29(27)47-30(28)36(44)42-22-18-24(38)46-34(22)40-32(26)42/h17-18H,3-16H2,1-2H3. The van der Waals surface area contributed by atoms with E-state index in [1.54, 1.807) is 22.7 Å². The Morgan fingerprint density at radius 2 is 0.979 bits per heavy atom. The number of rotatable bonds is 14. The normalized spacial score (nSPS) is 12.8. The van der Waals surface area contributed by atoms with Crippen molar-refractivity contribution in [1.82, 2.24) is 18.8 Å². The van der Waals surface area contributed by atoms with Crippen molar-refractivity contribution >= 4 is 129 Å². The maximum absolute atomic E-state index is 14.4. The van der Waals surface area contributed by atoms with E-state index in [2.05, 4.69) is 45.7 Å². The molecular formula is C36H36Br2N4O2S3. The lowest BCUT2D eigenvalue weighted by Crippen LogP contribution is -2.14. The molecule has 244 valence electrons. The zero-order chi connectivity index (χ0) is 32.4. The number of benzene rings is 1. The summed E-state index contributed by atoms with van der Waals surface area (Å²) >= 11 is 11.7. The molecule has 0 aliphatic carbocycles. The number of hydrogen-bond acceptors (Lipinski definition) is 7. The van der Waals surface area contributed by atoms with Crippen LogP contribution in [0.15, 0.2) is 29.3 Å². The van der Waals surface area contributed by atoms with Crippen LogP contribution in [0.4, 0.5) is 0 Å². The smallest absolute Gasteiger partial charge is 0.267 e. The fourth-order valence-corrected chi connectivity index (χ4v) is 11.7. The molecule has 0 fully saturated rings. The molecule has 0 atom stereocenters. The molecule has 7 heterocycles. The number of imidazole rings is 2. The van der Waals surface area contributed by atoms with Gasteiger partial charge in [0, 0.05) is 21.5 Å². The van der Waals surface area contributed by atoms with Gasteiger partial charge in [-0.05, 0) is 80.8 Å². The molecular weight excluding hydrogens is 776 g/mol. The van der Waals surface area contributed by atoms with E-state index in [4.69, 9.17) is 9.97 Å². The van der Waals surface area contributed by atoms with E-state index in [0.29, 0.717) is 9.40 Å². The minimum Gasteiger partial charge on any atom is -0.267 e. The van der Waals surface area contributed by atoms with Gasteiger partial charge in [-0.2, -0.15) is 0 Å². The van der Waals surface area contributed by atoms with Crippen molar-refractivity contribution in [2.45, 2.75) is 104 Å². The second-order valence-corrected chi connectivity index (χ2v) is 18.7. The summed E-state index contributed by atoms with van der Waals surface area (Å²) < 4.78 is 6.85. The van der Waals surface area contributed by atoms with Gasteiger partial charge in [0.2, 0.25) is 0 Å². The van der Waals surface area contributed by atoms with Crippen LogP contribution in [0.5, 0.6) is 0 Å². The number of halogens is 2. The maximum Gasteiger partial charge on any atom is 0.274 e. The van der Waals surface area contributed by atoms with Gasteiger partial charge in [0.15, 0.2) is 0 Å². The van der Waals surface area contributed by atoms with Crippen molar-refractivity contribution in [2.24, 2.45) is 0 Å². The number of aryl methyl sites for hydroxylation is 2. The van der Waals surface area contributed by atoms with Crippen molar-refractivity contribution in [2.75, 3.05) is 0 Å². The predicted octanol–water partition coefficient (Wildman–Crippen LogP) is 11.9.